The predicted octanol–water partition coefficient (Wildman–Crippen LogP) is 2.50. The number of aryl methyl sites for hydroxylation is 1. The number of aromatic nitrogens is 3. The van der Waals surface area contributed by atoms with Gasteiger partial charge >= 0.3 is 0 Å². The number of thioether (sulfide) groups is 1. The number of anilines is 1. The number of benzene rings is 1. The van der Waals surface area contributed by atoms with E-state index in [9.17, 15) is 4.79 Å². The Morgan fingerprint density at radius 3 is 3.10 bits per heavy atom. The standard InChI is InChI=1S/C14H15N5OS/c1-10-16-14(19-18-10)21-7-3-6-13(20)17-12-5-2-4-11(8-12)9-15/h2,4-5,8H,3,6-7H2,1H3,(H,17,20)(H,16,18,19). The van der Waals surface area contributed by atoms with Crippen LogP contribution in [0.1, 0.15) is 24.2 Å². The van der Waals surface area contributed by atoms with Gasteiger partial charge in [-0.15, -0.1) is 5.10 Å². The molecule has 0 fully saturated rings. The number of H-pyrrole nitrogens is 1. The van der Waals surface area contributed by atoms with E-state index in [0.29, 0.717) is 22.8 Å². The van der Waals surface area contributed by atoms with Crippen LogP contribution in [0.4, 0.5) is 5.69 Å². The van der Waals surface area contributed by atoms with Crippen LogP contribution in [0, 0.1) is 18.3 Å². The fourth-order valence-corrected chi connectivity index (χ4v) is 2.46. The number of hydrogen-bond acceptors (Lipinski definition) is 5. The Labute approximate surface area is 127 Å². The van der Waals surface area contributed by atoms with Gasteiger partial charge in [0.1, 0.15) is 5.82 Å². The number of rotatable bonds is 6. The molecule has 2 rings (SSSR count). The first-order chi connectivity index (χ1) is 10.2. The number of nitrogens with one attached hydrogen (secondary N) is 2. The van der Waals surface area contributed by atoms with Crippen molar-refractivity contribution in [3.63, 3.8) is 0 Å². The number of nitriles is 1. The van der Waals surface area contributed by atoms with Crippen LogP contribution in [-0.2, 0) is 4.79 Å². The molecule has 1 heterocycles. The number of nitrogens with zero attached hydrogens (tertiary/aromatic N) is 3. The third kappa shape index (κ3) is 4.93. The molecular weight excluding hydrogens is 286 g/mol. The molecule has 108 valence electrons. The average molecular weight is 301 g/mol. The van der Waals surface area contributed by atoms with Crippen LogP contribution >= 0.6 is 11.8 Å². The fraction of sp³-hybridized carbons (Fsp3) is 0.286. The molecule has 1 amide bonds. The third-order valence-corrected chi connectivity index (χ3v) is 3.57. The van der Waals surface area contributed by atoms with Crippen molar-refractivity contribution in [3.05, 3.63) is 35.7 Å². The van der Waals surface area contributed by atoms with Crippen LogP contribution in [0.25, 0.3) is 0 Å². The Kier molecular flexibility index (Phi) is 5.35. The van der Waals surface area contributed by atoms with Crippen molar-refractivity contribution in [1.82, 2.24) is 15.2 Å². The first-order valence-corrected chi connectivity index (χ1v) is 7.48. The summed E-state index contributed by atoms with van der Waals surface area (Å²) in [5, 5.41) is 19.1. The summed E-state index contributed by atoms with van der Waals surface area (Å²) in [6, 6.07) is 8.91. The maximum Gasteiger partial charge on any atom is 0.224 e. The molecule has 21 heavy (non-hydrogen) atoms. The zero-order valence-corrected chi connectivity index (χ0v) is 12.4. The topological polar surface area (TPSA) is 94.5 Å². The van der Waals surface area contributed by atoms with Gasteiger partial charge in [0.05, 0.1) is 11.6 Å². The first-order valence-electron chi connectivity index (χ1n) is 6.49. The normalized spacial score (nSPS) is 10.1. The molecule has 0 saturated carbocycles. The predicted molar refractivity (Wildman–Crippen MR) is 80.9 cm³/mol. The van der Waals surface area contributed by atoms with Crippen molar-refractivity contribution in [2.75, 3.05) is 11.1 Å². The highest BCUT2D eigenvalue weighted by molar-refractivity contribution is 7.99. The molecule has 2 N–H and O–H groups in total. The molecule has 0 unspecified atom stereocenters. The highest BCUT2D eigenvalue weighted by atomic mass is 32.2. The molecular formula is C14H15N5OS. The lowest BCUT2D eigenvalue weighted by Crippen LogP contribution is -2.11. The van der Waals surface area contributed by atoms with E-state index in [-0.39, 0.29) is 5.91 Å². The van der Waals surface area contributed by atoms with Gasteiger partial charge in [-0.25, -0.2) is 4.98 Å². The fourth-order valence-electron chi connectivity index (χ4n) is 1.67. The summed E-state index contributed by atoms with van der Waals surface area (Å²) in [6.45, 7) is 1.85. The minimum absolute atomic E-state index is 0.0585. The first kappa shape index (κ1) is 15.1. The lowest BCUT2D eigenvalue weighted by molar-refractivity contribution is -0.116. The quantitative estimate of drug-likeness (QED) is 0.631. The lowest BCUT2D eigenvalue weighted by atomic mass is 10.2. The van der Waals surface area contributed by atoms with Crippen molar-refractivity contribution in [2.45, 2.75) is 24.9 Å². The number of carbonyl (C=O) groups excluding carboxylic acids is 1. The van der Waals surface area contributed by atoms with E-state index in [2.05, 4.69) is 20.5 Å². The molecule has 0 radical (unpaired) electrons. The highest BCUT2D eigenvalue weighted by Gasteiger charge is 2.05. The monoisotopic (exact) mass is 301 g/mol. The van der Waals surface area contributed by atoms with Gasteiger partial charge in [-0.2, -0.15) is 5.26 Å². The SMILES string of the molecule is Cc1nc(SCCCC(=O)Nc2cccc(C#N)c2)n[nH]1. The second kappa shape index (κ2) is 7.45. The van der Waals surface area contributed by atoms with Gasteiger partial charge in [-0.1, -0.05) is 17.8 Å². The number of hydrogen-bond donors (Lipinski definition) is 2. The van der Waals surface area contributed by atoms with Crippen LogP contribution < -0.4 is 5.32 Å². The van der Waals surface area contributed by atoms with Gasteiger partial charge in [0.15, 0.2) is 0 Å². The maximum absolute atomic E-state index is 11.8. The summed E-state index contributed by atoms with van der Waals surface area (Å²) in [7, 11) is 0. The Bertz CT molecular complexity index is 661. The van der Waals surface area contributed by atoms with Crippen LogP contribution in [-0.4, -0.2) is 26.8 Å². The average Bonchev–Trinajstić information content (AvgIpc) is 2.89. The summed E-state index contributed by atoms with van der Waals surface area (Å²) in [6.07, 6.45) is 1.16. The van der Waals surface area contributed by atoms with Crippen LogP contribution in [0.2, 0.25) is 0 Å². The van der Waals surface area contributed by atoms with Crippen molar-refractivity contribution in [3.8, 4) is 6.07 Å². The molecule has 0 aliphatic heterocycles. The number of aromatic amines is 1. The molecule has 1 aromatic carbocycles. The van der Waals surface area contributed by atoms with Gasteiger partial charge in [-0.3, -0.25) is 9.89 Å². The van der Waals surface area contributed by atoms with E-state index in [0.717, 1.165) is 18.0 Å². The van der Waals surface area contributed by atoms with E-state index in [1.165, 1.54) is 11.8 Å². The third-order valence-electron chi connectivity index (χ3n) is 2.63. The molecule has 6 nitrogen and oxygen atoms in total. The van der Waals surface area contributed by atoms with Crippen LogP contribution in [0.3, 0.4) is 0 Å². The molecule has 0 aliphatic rings. The van der Waals surface area contributed by atoms with E-state index in [1.54, 1.807) is 24.3 Å². The summed E-state index contributed by atoms with van der Waals surface area (Å²) < 4.78 is 0. The zero-order chi connectivity index (χ0) is 15.1. The molecule has 0 spiro atoms. The zero-order valence-electron chi connectivity index (χ0n) is 11.6. The Hall–Kier alpha value is -2.33. The van der Waals surface area contributed by atoms with Crippen molar-refractivity contribution < 1.29 is 4.79 Å². The van der Waals surface area contributed by atoms with Gasteiger partial charge in [-0.05, 0) is 31.5 Å². The smallest absolute Gasteiger partial charge is 0.224 e. The van der Waals surface area contributed by atoms with Gasteiger partial charge in [0, 0.05) is 17.9 Å². The minimum atomic E-state index is -0.0585. The molecule has 0 bridgehead atoms. The lowest BCUT2D eigenvalue weighted by Gasteiger charge is -2.04. The van der Waals surface area contributed by atoms with Crippen molar-refractivity contribution >= 4 is 23.4 Å². The minimum Gasteiger partial charge on any atom is -0.326 e. The second-order valence-electron chi connectivity index (χ2n) is 4.40. The molecule has 2 aromatic rings. The number of carbonyl (C=O) groups is 1. The summed E-state index contributed by atoms with van der Waals surface area (Å²) >= 11 is 1.52. The molecule has 0 atom stereocenters. The summed E-state index contributed by atoms with van der Waals surface area (Å²) in [4.78, 5) is 16.0. The second-order valence-corrected chi connectivity index (χ2v) is 5.46. The van der Waals surface area contributed by atoms with Crippen LogP contribution in [0.5, 0.6) is 0 Å². The largest absolute Gasteiger partial charge is 0.326 e. The molecule has 0 saturated heterocycles. The maximum atomic E-state index is 11.8. The summed E-state index contributed by atoms with van der Waals surface area (Å²) in [5.74, 6) is 1.51. The Balaban J connectivity index is 1.71. The van der Waals surface area contributed by atoms with Gasteiger partial charge < -0.3 is 5.32 Å². The molecule has 1 aromatic heterocycles. The molecule has 7 heteroatoms. The van der Waals surface area contributed by atoms with E-state index < -0.39 is 0 Å². The van der Waals surface area contributed by atoms with E-state index in [4.69, 9.17) is 5.26 Å². The van der Waals surface area contributed by atoms with Gasteiger partial charge in [0.2, 0.25) is 11.1 Å². The Morgan fingerprint density at radius 1 is 1.52 bits per heavy atom. The van der Waals surface area contributed by atoms with Gasteiger partial charge in [0.25, 0.3) is 0 Å². The highest BCUT2D eigenvalue weighted by Crippen LogP contribution is 2.15. The van der Waals surface area contributed by atoms with Crippen molar-refractivity contribution in [1.29, 1.82) is 5.26 Å². The Morgan fingerprint density at radius 2 is 2.38 bits per heavy atom. The molecule has 0 aliphatic carbocycles. The van der Waals surface area contributed by atoms with Crippen molar-refractivity contribution in [2.24, 2.45) is 0 Å². The van der Waals surface area contributed by atoms with E-state index in [1.807, 2.05) is 13.0 Å². The van der Waals surface area contributed by atoms with E-state index >= 15 is 0 Å². The number of amides is 1. The summed E-state index contributed by atoms with van der Waals surface area (Å²) in [5.41, 5.74) is 1.18. The van der Waals surface area contributed by atoms with Crippen LogP contribution in [0.15, 0.2) is 29.4 Å².